The number of benzene rings is 1. The summed E-state index contributed by atoms with van der Waals surface area (Å²) in [4.78, 5) is 21.7. The Morgan fingerprint density at radius 1 is 1.33 bits per heavy atom. The van der Waals surface area contributed by atoms with Crippen LogP contribution in [0.25, 0.3) is 0 Å². The lowest BCUT2D eigenvalue weighted by molar-refractivity contribution is -0.384. The number of piperidine rings is 1. The molecule has 132 valence electrons. The second-order valence-corrected chi connectivity index (χ2v) is 7.28. The minimum absolute atomic E-state index is 0.0305. The maximum absolute atomic E-state index is 12.1. The van der Waals surface area contributed by atoms with Gasteiger partial charge in [-0.05, 0) is 31.5 Å². The Labute approximate surface area is 140 Å². The number of nitro benzene ring substituents is 1. The van der Waals surface area contributed by atoms with Crippen LogP contribution < -0.4 is 15.4 Å². The number of carbonyl (C=O) groups is 1. The molecule has 1 aromatic rings. The van der Waals surface area contributed by atoms with E-state index in [4.69, 9.17) is 0 Å². The van der Waals surface area contributed by atoms with E-state index in [-0.39, 0.29) is 35.5 Å². The van der Waals surface area contributed by atoms with E-state index in [9.17, 15) is 23.3 Å². The number of rotatable bonds is 7. The minimum Gasteiger partial charge on any atom is -0.352 e. The van der Waals surface area contributed by atoms with Crippen molar-refractivity contribution in [2.45, 2.75) is 30.2 Å². The van der Waals surface area contributed by atoms with Gasteiger partial charge in [0, 0.05) is 37.7 Å². The molecular weight excluding hydrogens is 336 g/mol. The molecule has 10 heteroatoms. The quantitative estimate of drug-likeness (QED) is 0.470. The van der Waals surface area contributed by atoms with E-state index in [1.807, 2.05) is 0 Å². The van der Waals surface area contributed by atoms with Crippen LogP contribution in [0, 0.1) is 10.1 Å². The van der Waals surface area contributed by atoms with Gasteiger partial charge in [-0.15, -0.1) is 0 Å². The van der Waals surface area contributed by atoms with E-state index >= 15 is 0 Å². The fourth-order valence-corrected chi connectivity index (χ4v) is 3.44. The van der Waals surface area contributed by atoms with Crippen LogP contribution in [0.15, 0.2) is 29.2 Å². The standard InChI is InChI=1S/C14H20N4O5S/c19-14(17-11-2-1-8-15-10-11)7-9-16-24(22,23)13-5-3-12(4-6-13)18(20)21/h3-6,11,15-16H,1-2,7-10H2,(H,17,19)/t11-/m0/s1. The predicted octanol–water partition coefficient (Wildman–Crippen LogP) is 0.131. The summed E-state index contributed by atoms with van der Waals surface area (Å²) in [5, 5.41) is 16.6. The van der Waals surface area contributed by atoms with Gasteiger partial charge in [0.15, 0.2) is 0 Å². The third-order valence-electron chi connectivity index (χ3n) is 3.66. The average Bonchev–Trinajstić information content (AvgIpc) is 2.55. The van der Waals surface area contributed by atoms with Gasteiger partial charge in [-0.3, -0.25) is 14.9 Å². The molecule has 3 N–H and O–H groups in total. The van der Waals surface area contributed by atoms with Gasteiger partial charge in [0.2, 0.25) is 15.9 Å². The Kier molecular flexibility index (Phi) is 6.23. The number of carbonyl (C=O) groups excluding carboxylic acids is 1. The van der Waals surface area contributed by atoms with Crippen molar-refractivity contribution in [3.05, 3.63) is 34.4 Å². The number of hydrogen-bond acceptors (Lipinski definition) is 6. The summed E-state index contributed by atoms with van der Waals surface area (Å²) in [6.45, 7) is 1.63. The van der Waals surface area contributed by atoms with Crippen molar-refractivity contribution in [3.8, 4) is 0 Å². The van der Waals surface area contributed by atoms with Crippen LogP contribution in [0.4, 0.5) is 5.69 Å². The number of amides is 1. The Balaban J connectivity index is 1.81. The van der Waals surface area contributed by atoms with Crippen molar-refractivity contribution >= 4 is 21.6 Å². The van der Waals surface area contributed by atoms with Crippen molar-refractivity contribution in [2.24, 2.45) is 0 Å². The number of nitrogens with zero attached hydrogens (tertiary/aromatic N) is 1. The fourth-order valence-electron chi connectivity index (χ4n) is 2.40. The van der Waals surface area contributed by atoms with Gasteiger partial charge in [-0.2, -0.15) is 0 Å². The third kappa shape index (κ3) is 5.25. The first-order valence-electron chi connectivity index (χ1n) is 7.63. The SMILES string of the molecule is O=C(CCNS(=O)(=O)c1ccc([N+](=O)[O-])cc1)N[C@H]1CCCNC1. The van der Waals surface area contributed by atoms with Crippen molar-refractivity contribution in [1.29, 1.82) is 0 Å². The molecule has 1 heterocycles. The highest BCUT2D eigenvalue weighted by molar-refractivity contribution is 7.89. The Bertz CT molecular complexity index is 684. The molecule has 0 aromatic heterocycles. The number of hydrogen-bond donors (Lipinski definition) is 3. The molecule has 0 aliphatic carbocycles. The summed E-state index contributed by atoms with van der Waals surface area (Å²) in [5.74, 6) is -0.213. The first-order valence-corrected chi connectivity index (χ1v) is 9.11. The largest absolute Gasteiger partial charge is 0.352 e. The zero-order chi connectivity index (χ0) is 17.6. The second-order valence-electron chi connectivity index (χ2n) is 5.51. The van der Waals surface area contributed by atoms with Gasteiger partial charge in [0.1, 0.15) is 0 Å². The molecule has 1 fully saturated rings. The van der Waals surface area contributed by atoms with Crippen molar-refractivity contribution in [1.82, 2.24) is 15.4 Å². The van der Waals surface area contributed by atoms with Crippen LogP contribution in [0.3, 0.4) is 0 Å². The molecule has 0 saturated carbocycles. The third-order valence-corrected chi connectivity index (χ3v) is 5.14. The van der Waals surface area contributed by atoms with E-state index in [1.165, 1.54) is 0 Å². The first kappa shape index (κ1) is 18.3. The second kappa shape index (κ2) is 8.18. The molecule has 9 nitrogen and oxygen atoms in total. The average molecular weight is 356 g/mol. The van der Waals surface area contributed by atoms with Gasteiger partial charge in [-0.1, -0.05) is 0 Å². The highest BCUT2D eigenvalue weighted by Crippen LogP contribution is 2.15. The lowest BCUT2D eigenvalue weighted by atomic mass is 10.1. The first-order chi connectivity index (χ1) is 11.4. The molecule has 1 aromatic carbocycles. The molecule has 24 heavy (non-hydrogen) atoms. The summed E-state index contributed by atoms with van der Waals surface area (Å²) in [7, 11) is -3.80. The van der Waals surface area contributed by atoms with E-state index in [2.05, 4.69) is 15.4 Å². The summed E-state index contributed by atoms with van der Waals surface area (Å²) in [5.41, 5.74) is -0.186. The normalized spacial score (nSPS) is 18.1. The fraction of sp³-hybridized carbons (Fsp3) is 0.500. The number of nitrogens with one attached hydrogen (secondary N) is 3. The zero-order valence-electron chi connectivity index (χ0n) is 13.0. The number of nitro groups is 1. The molecule has 2 rings (SSSR count). The van der Waals surface area contributed by atoms with E-state index < -0.39 is 14.9 Å². The van der Waals surface area contributed by atoms with Crippen LogP contribution >= 0.6 is 0 Å². The molecular formula is C14H20N4O5S. The molecule has 1 atom stereocenters. The minimum atomic E-state index is -3.80. The van der Waals surface area contributed by atoms with Crippen LogP contribution in [-0.2, 0) is 14.8 Å². The molecule has 0 radical (unpaired) electrons. The number of non-ortho nitro benzene ring substituents is 1. The van der Waals surface area contributed by atoms with Crippen LogP contribution in [0.1, 0.15) is 19.3 Å². The molecule has 1 amide bonds. The van der Waals surface area contributed by atoms with Crippen molar-refractivity contribution in [3.63, 3.8) is 0 Å². The maximum Gasteiger partial charge on any atom is 0.269 e. The van der Waals surface area contributed by atoms with Crippen LogP contribution in [0.5, 0.6) is 0 Å². The van der Waals surface area contributed by atoms with Crippen LogP contribution in [-0.4, -0.2) is 44.9 Å². The topological polar surface area (TPSA) is 130 Å². The molecule has 0 bridgehead atoms. The van der Waals surface area contributed by atoms with Gasteiger partial charge >= 0.3 is 0 Å². The Morgan fingerprint density at radius 2 is 2.04 bits per heavy atom. The molecule has 1 saturated heterocycles. The summed E-state index contributed by atoms with van der Waals surface area (Å²) < 4.78 is 26.4. The van der Waals surface area contributed by atoms with Gasteiger partial charge < -0.3 is 10.6 Å². The highest BCUT2D eigenvalue weighted by Gasteiger charge is 2.18. The Hall–Kier alpha value is -2.04. The molecule has 1 aliphatic heterocycles. The van der Waals surface area contributed by atoms with Crippen LogP contribution in [0.2, 0.25) is 0 Å². The predicted molar refractivity (Wildman–Crippen MR) is 86.9 cm³/mol. The molecule has 0 spiro atoms. The van der Waals surface area contributed by atoms with Gasteiger partial charge in [0.25, 0.3) is 5.69 Å². The Morgan fingerprint density at radius 3 is 2.62 bits per heavy atom. The van der Waals surface area contributed by atoms with Gasteiger partial charge in [0.05, 0.1) is 9.82 Å². The lowest BCUT2D eigenvalue weighted by Gasteiger charge is -2.23. The molecule has 0 unspecified atom stereocenters. The summed E-state index contributed by atoms with van der Waals surface area (Å²) in [6.07, 6.45) is 1.94. The monoisotopic (exact) mass is 356 g/mol. The maximum atomic E-state index is 12.1. The van der Waals surface area contributed by atoms with Gasteiger partial charge in [-0.25, -0.2) is 13.1 Å². The van der Waals surface area contributed by atoms with Crippen molar-refractivity contribution < 1.29 is 18.1 Å². The smallest absolute Gasteiger partial charge is 0.269 e. The summed E-state index contributed by atoms with van der Waals surface area (Å²) in [6, 6.07) is 4.65. The lowest BCUT2D eigenvalue weighted by Crippen LogP contribution is -2.46. The van der Waals surface area contributed by atoms with E-state index in [0.29, 0.717) is 0 Å². The van der Waals surface area contributed by atoms with E-state index in [0.717, 1.165) is 50.2 Å². The van der Waals surface area contributed by atoms with E-state index in [1.54, 1.807) is 0 Å². The van der Waals surface area contributed by atoms with Crippen molar-refractivity contribution in [2.75, 3.05) is 19.6 Å². The summed E-state index contributed by atoms with van der Waals surface area (Å²) >= 11 is 0. The number of sulfonamides is 1. The highest BCUT2D eigenvalue weighted by atomic mass is 32.2. The zero-order valence-corrected chi connectivity index (χ0v) is 13.8. The molecule has 1 aliphatic rings.